The molecule has 0 saturated carbocycles. The molecule has 1 aliphatic rings. The third-order valence-corrected chi connectivity index (χ3v) is 3.87. The molecule has 126 valence electrons. The van der Waals surface area contributed by atoms with Crippen molar-refractivity contribution < 1.29 is 4.79 Å². The van der Waals surface area contributed by atoms with E-state index in [-0.39, 0.29) is 36.8 Å². The molecule has 8 heteroatoms. The predicted octanol–water partition coefficient (Wildman–Crippen LogP) is 2.36. The SMILES string of the molecule is Cl.Cl.Nc1ccc2c(c1)CCCC2NC(=O)CCc1ncn[nH]1. The van der Waals surface area contributed by atoms with Crippen LogP contribution in [-0.4, -0.2) is 21.1 Å². The molecule has 1 aromatic heterocycles. The Hall–Kier alpha value is -1.79. The number of benzene rings is 1. The largest absolute Gasteiger partial charge is 0.399 e. The number of rotatable bonds is 4. The van der Waals surface area contributed by atoms with Crippen LogP contribution in [0.3, 0.4) is 0 Å². The standard InChI is InChI=1S/C15H19N5O.2ClH/c16-11-4-5-12-10(8-11)2-1-3-13(12)19-15(21)7-6-14-17-9-18-20-14;;/h4-5,8-9,13H,1-3,6-7,16H2,(H,19,21)(H,17,18,20);2*1H. The van der Waals surface area contributed by atoms with Crippen LogP contribution in [0.1, 0.15) is 42.3 Å². The molecule has 6 nitrogen and oxygen atoms in total. The number of anilines is 1. The minimum absolute atomic E-state index is 0. The number of carbonyl (C=O) groups is 1. The molecule has 4 N–H and O–H groups in total. The predicted molar refractivity (Wildman–Crippen MR) is 93.9 cm³/mol. The average molecular weight is 358 g/mol. The molecule has 2 aromatic rings. The molecule has 1 amide bonds. The summed E-state index contributed by atoms with van der Waals surface area (Å²) in [6.45, 7) is 0. The molecule has 1 heterocycles. The third kappa shape index (κ3) is 4.84. The van der Waals surface area contributed by atoms with Crippen molar-refractivity contribution in [1.82, 2.24) is 20.5 Å². The molecule has 1 aromatic carbocycles. The number of hydrogen-bond donors (Lipinski definition) is 3. The van der Waals surface area contributed by atoms with Gasteiger partial charge in [0.1, 0.15) is 12.2 Å². The zero-order valence-electron chi connectivity index (χ0n) is 12.6. The molecule has 0 spiro atoms. The van der Waals surface area contributed by atoms with E-state index in [0.29, 0.717) is 12.8 Å². The van der Waals surface area contributed by atoms with Crippen LogP contribution in [0, 0.1) is 0 Å². The van der Waals surface area contributed by atoms with Gasteiger partial charge in [-0.05, 0) is 42.5 Å². The molecule has 0 saturated heterocycles. The van der Waals surface area contributed by atoms with Gasteiger partial charge < -0.3 is 11.1 Å². The number of nitrogens with two attached hydrogens (primary N) is 1. The lowest BCUT2D eigenvalue weighted by atomic mass is 9.87. The quantitative estimate of drug-likeness (QED) is 0.731. The normalized spacial score (nSPS) is 15.7. The fourth-order valence-corrected chi connectivity index (χ4v) is 2.83. The van der Waals surface area contributed by atoms with Gasteiger partial charge in [0.2, 0.25) is 5.91 Å². The number of nitrogens with zero attached hydrogens (tertiary/aromatic N) is 2. The van der Waals surface area contributed by atoms with Crippen molar-refractivity contribution in [2.24, 2.45) is 0 Å². The Bertz CT molecular complexity index is 633. The minimum atomic E-state index is 0. The molecule has 0 bridgehead atoms. The van der Waals surface area contributed by atoms with Gasteiger partial charge in [0.25, 0.3) is 0 Å². The first-order valence-electron chi connectivity index (χ1n) is 7.24. The first-order valence-corrected chi connectivity index (χ1v) is 7.24. The molecule has 0 fully saturated rings. The highest BCUT2D eigenvalue weighted by molar-refractivity contribution is 5.85. The third-order valence-electron chi connectivity index (χ3n) is 3.87. The number of amides is 1. The maximum atomic E-state index is 12.1. The smallest absolute Gasteiger partial charge is 0.220 e. The van der Waals surface area contributed by atoms with Crippen molar-refractivity contribution >= 4 is 36.4 Å². The summed E-state index contributed by atoms with van der Waals surface area (Å²) in [4.78, 5) is 16.1. The zero-order chi connectivity index (χ0) is 14.7. The van der Waals surface area contributed by atoms with E-state index in [1.165, 1.54) is 17.5 Å². The number of fused-ring (bicyclic) bond motifs is 1. The van der Waals surface area contributed by atoms with Crippen LogP contribution in [-0.2, 0) is 17.6 Å². The average Bonchev–Trinajstić information content (AvgIpc) is 2.98. The van der Waals surface area contributed by atoms with Crippen LogP contribution in [0.2, 0.25) is 0 Å². The monoisotopic (exact) mass is 357 g/mol. The second kappa shape index (κ2) is 8.74. The lowest BCUT2D eigenvalue weighted by Gasteiger charge is -2.26. The van der Waals surface area contributed by atoms with Crippen molar-refractivity contribution in [3.63, 3.8) is 0 Å². The van der Waals surface area contributed by atoms with Gasteiger partial charge in [-0.2, -0.15) is 5.10 Å². The van der Waals surface area contributed by atoms with Crippen molar-refractivity contribution in [2.45, 2.75) is 38.1 Å². The van der Waals surface area contributed by atoms with E-state index in [0.717, 1.165) is 30.8 Å². The van der Waals surface area contributed by atoms with E-state index in [9.17, 15) is 4.79 Å². The van der Waals surface area contributed by atoms with Crippen LogP contribution in [0.4, 0.5) is 5.69 Å². The summed E-state index contributed by atoms with van der Waals surface area (Å²) < 4.78 is 0. The van der Waals surface area contributed by atoms with E-state index < -0.39 is 0 Å². The highest BCUT2D eigenvalue weighted by Crippen LogP contribution is 2.30. The highest BCUT2D eigenvalue weighted by atomic mass is 35.5. The summed E-state index contributed by atoms with van der Waals surface area (Å²) in [6, 6.07) is 6.04. The van der Waals surface area contributed by atoms with Gasteiger partial charge in [-0.25, -0.2) is 4.98 Å². The van der Waals surface area contributed by atoms with Crippen molar-refractivity contribution in [3.05, 3.63) is 41.5 Å². The lowest BCUT2D eigenvalue weighted by Crippen LogP contribution is -2.31. The van der Waals surface area contributed by atoms with Crippen LogP contribution in [0.15, 0.2) is 24.5 Å². The Morgan fingerprint density at radius 2 is 2.22 bits per heavy atom. The van der Waals surface area contributed by atoms with Gasteiger partial charge in [0.05, 0.1) is 6.04 Å². The zero-order valence-corrected chi connectivity index (χ0v) is 14.3. The summed E-state index contributed by atoms with van der Waals surface area (Å²) in [5.41, 5.74) is 9.06. The van der Waals surface area contributed by atoms with E-state index in [4.69, 9.17) is 5.73 Å². The van der Waals surface area contributed by atoms with Crippen molar-refractivity contribution in [3.8, 4) is 0 Å². The molecule has 1 unspecified atom stereocenters. The van der Waals surface area contributed by atoms with Gasteiger partial charge in [-0.1, -0.05) is 6.07 Å². The molecule has 1 atom stereocenters. The number of hydrogen-bond acceptors (Lipinski definition) is 4. The topological polar surface area (TPSA) is 96.7 Å². The molecule has 23 heavy (non-hydrogen) atoms. The summed E-state index contributed by atoms with van der Waals surface area (Å²) in [6.07, 6.45) is 5.53. The van der Waals surface area contributed by atoms with Crippen molar-refractivity contribution in [2.75, 3.05) is 5.73 Å². The molecule has 3 rings (SSSR count). The van der Waals surface area contributed by atoms with Gasteiger partial charge in [-0.3, -0.25) is 9.89 Å². The maximum Gasteiger partial charge on any atom is 0.220 e. The first kappa shape index (κ1) is 19.3. The fraction of sp³-hybridized carbons (Fsp3) is 0.400. The molecule has 0 radical (unpaired) electrons. The molecule has 0 aliphatic heterocycles. The van der Waals surface area contributed by atoms with Gasteiger partial charge in [-0.15, -0.1) is 24.8 Å². The number of nitrogen functional groups attached to an aromatic ring is 1. The van der Waals surface area contributed by atoms with Gasteiger partial charge in [0.15, 0.2) is 0 Å². The van der Waals surface area contributed by atoms with E-state index in [2.05, 4.69) is 20.5 Å². The number of H-pyrrole nitrogens is 1. The van der Waals surface area contributed by atoms with E-state index in [1.54, 1.807) is 0 Å². The minimum Gasteiger partial charge on any atom is -0.399 e. The summed E-state index contributed by atoms with van der Waals surface area (Å²) in [5, 5.41) is 9.65. The summed E-state index contributed by atoms with van der Waals surface area (Å²) in [7, 11) is 0. The van der Waals surface area contributed by atoms with E-state index >= 15 is 0 Å². The lowest BCUT2D eigenvalue weighted by molar-refractivity contribution is -0.121. The Kier molecular flexibility index (Phi) is 7.32. The maximum absolute atomic E-state index is 12.1. The molecular weight excluding hydrogens is 337 g/mol. The fourth-order valence-electron chi connectivity index (χ4n) is 2.83. The van der Waals surface area contributed by atoms with Crippen LogP contribution in [0.5, 0.6) is 0 Å². The Morgan fingerprint density at radius 3 is 2.96 bits per heavy atom. The molecular formula is C15H21Cl2N5O. The number of aromatic nitrogens is 3. The number of nitrogens with one attached hydrogen (secondary N) is 2. The Morgan fingerprint density at radius 1 is 1.39 bits per heavy atom. The number of halogens is 2. The van der Waals surface area contributed by atoms with Gasteiger partial charge in [0, 0.05) is 18.5 Å². The Labute approximate surface area is 147 Å². The van der Waals surface area contributed by atoms with Crippen LogP contribution in [0.25, 0.3) is 0 Å². The summed E-state index contributed by atoms with van der Waals surface area (Å²) in [5.74, 6) is 0.781. The first-order chi connectivity index (χ1) is 10.2. The number of carbonyl (C=O) groups excluding carboxylic acids is 1. The number of aryl methyl sites for hydroxylation is 2. The van der Waals surface area contributed by atoms with Crippen LogP contribution >= 0.6 is 24.8 Å². The number of aromatic amines is 1. The summed E-state index contributed by atoms with van der Waals surface area (Å²) >= 11 is 0. The second-order valence-corrected chi connectivity index (χ2v) is 5.40. The second-order valence-electron chi connectivity index (χ2n) is 5.40. The van der Waals surface area contributed by atoms with E-state index in [1.807, 2.05) is 18.2 Å². The Balaban J connectivity index is 0.00000132. The highest BCUT2D eigenvalue weighted by Gasteiger charge is 2.21. The van der Waals surface area contributed by atoms with Crippen molar-refractivity contribution in [1.29, 1.82) is 0 Å². The van der Waals surface area contributed by atoms with Gasteiger partial charge >= 0.3 is 0 Å². The molecule has 1 aliphatic carbocycles. The van der Waals surface area contributed by atoms with Crippen LogP contribution < -0.4 is 11.1 Å².